The minimum Gasteiger partial charge on any atom is -0.368 e. The summed E-state index contributed by atoms with van der Waals surface area (Å²) in [5.74, 6) is -0.443. The fraction of sp³-hybridized carbons (Fsp3) is 0.143. The number of hydrazine groups is 1. The summed E-state index contributed by atoms with van der Waals surface area (Å²) in [6, 6.07) is 0. The lowest BCUT2D eigenvalue weighted by Gasteiger charge is -2.08. The van der Waals surface area contributed by atoms with Gasteiger partial charge >= 0.3 is 5.96 Å². The molecule has 3 N–H and O–H groups in total. The van der Waals surface area contributed by atoms with Crippen LogP contribution in [0.1, 0.15) is 0 Å². The molecule has 20 heavy (non-hydrogen) atoms. The zero-order valence-electron chi connectivity index (χ0n) is 10.0. The number of nitrogens with zero attached hydrogens (tertiary/aromatic N) is 8. The quantitative estimate of drug-likeness (QED) is 0.233. The van der Waals surface area contributed by atoms with Crippen LogP contribution in [0, 0.1) is 15.0 Å². The lowest BCUT2D eigenvalue weighted by atomic mass is 10.6. The van der Waals surface area contributed by atoms with Crippen molar-refractivity contribution in [1.29, 1.82) is 0 Å². The second-order valence-electron chi connectivity index (χ2n) is 3.42. The second kappa shape index (κ2) is 5.09. The molecule has 2 rings (SSSR count). The molecule has 0 spiro atoms. The van der Waals surface area contributed by atoms with Crippen molar-refractivity contribution in [1.82, 2.24) is 30.1 Å². The fourth-order valence-electron chi connectivity index (χ4n) is 1.27. The molecule has 2 aromatic heterocycles. The van der Waals surface area contributed by atoms with Crippen molar-refractivity contribution in [3.8, 4) is 0 Å². The molecule has 0 radical (unpaired) electrons. The highest BCUT2D eigenvalue weighted by Gasteiger charge is 2.14. The van der Waals surface area contributed by atoms with Gasteiger partial charge in [-0.05, 0) is 0 Å². The summed E-state index contributed by atoms with van der Waals surface area (Å²) in [6.07, 6.45) is 2.60. The molecule has 0 atom stereocenters. The van der Waals surface area contributed by atoms with Crippen LogP contribution in [0.25, 0.3) is 11.2 Å². The number of hydrogen-bond acceptors (Lipinski definition) is 9. The van der Waals surface area contributed by atoms with E-state index in [0.717, 1.165) is 4.68 Å². The number of anilines is 1. The number of rotatable bonds is 3. The third kappa shape index (κ3) is 2.55. The third-order valence-electron chi connectivity index (χ3n) is 2.11. The SMILES string of the molecule is CN(N=O)C(=Nn1cnc2cnc(N)nc21)N[N+](=O)[O-]. The molecule has 0 aliphatic heterocycles. The first kappa shape index (κ1) is 13.1. The van der Waals surface area contributed by atoms with Gasteiger partial charge in [0.05, 0.1) is 11.5 Å². The maximum absolute atomic E-state index is 10.4. The Hall–Kier alpha value is -3.38. The molecule has 104 valence electrons. The van der Waals surface area contributed by atoms with Crippen molar-refractivity contribution in [2.75, 3.05) is 12.8 Å². The molecule has 0 bridgehead atoms. The van der Waals surface area contributed by atoms with Crippen LogP contribution in [0.4, 0.5) is 5.95 Å². The van der Waals surface area contributed by atoms with Gasteiger partial charge in [0.15, 0.2) is 10.7 Å². The third-order valence-corrected chi connectivity index (χ3v) is 2.11. The topological polar surface area (TPSA) is 170 Å². The van der Waals surface area contributed by atoms with E-state index >= 15 is 0 Å². The van der Waals surface area contributed by atoms with Gasteiger partial charge in [-0.25, -0.2) is 20.1 Å². The van der Waals surface area contributed by atoms with Gasteiger partial charge in [0, 0.05) is 7.05 Å². The number of hydrogen-bond donors (Lipinski definition) is 2. The van der Waals surface area contributed by atoms with E-state index in [1.54, 1.807) is 5.43 Å². The standard InChI is InChI=1S/C7H8N10O3/c1-15(14-18)7(13-17(19)20)12-16-3-10-4-2-9-6(8)11-5(4)16/h2-3H,1H3,(H,12,13)(H2,8,9,11). The van der Waals surface area contributed by atoms with E-state index in [-0.39, 0.29) is 11.6 Å². The van der Waals surface area contributed by atoms with E-state index in [2.05, 4.69) is 25.3 Å². The molecule has 2 heterocycles. The molecule has 0 aliphatic carbocycles. The smallest absolute Gasteiger partial charge is 0.301 e. The minimum absolute atomic E-state index is 0.0138. The van der Waals surface area contributed by atoms with E-state index in [9.17, 15) is 15.0 Å². The van der Waals surface area contributed by atoms with E-state index < -0.39 is 11.0 Å². The lowest BCUT2D eigenvalue weighted by molar-refractivity contribution is -0.526. The number of fused-ring (bicyclic) bond motifs is 1. The molecule has 0 amide bonds. The van der Waals surface area contributed by atoms with Gasteiger partial charge < -0.3 is 5.73 Å². The predicted octanol–water partition coefficient (Wildman–Crippen LogP) is -1.08. The number of aromatic nitrogens is 4. The van der Waals surface area contributed by atoms with Crippen LogP contribution < -0.4 is 11.2 Å². The number of nitroso groups, excluding NO2 is 1. The first-order valence-corrected chi connectivity index (χ1v) is 5.04. The molecule has 2 aromatic rings. The van der Waals surface area contributed by atoms with Crippen LogP contribution in [0.15, 0.2) is 22.9 Å². The number of nitro groups is 1. The first-order valence-electron chi connectivity index (χ1n) is 5.04. The van der Waals surface area contributed by atoms with Crippen LogP contribution in [-0.2, 0) is 0 Å². The monoisotopic (exact) mass is 280 g/mol. The molecular formula is C7H8N10O3. The normalized spacial score (nSPS) is 11.3. The van der Waals surface area contributed by atoms with Gasteiger partial charge in [0.2, 0.25) is 5.95 Å². The maximum atomic E-state index is 10.4. The molecule has 0 fully saturated rings. The highest BCUT2D eigenvalue weighted by molar-refractivity contribution is 5.79. The maximum Gasteiger partial charge on any atom is 0.301 e. The highest BCUT2D eigenvalue weighted by Crippen LogP contribution is 2.09. The van der Waals surface area contributed by atoms with Crippen molar-refractivity contribution in [2.45, 2.75) is 0 Å². The Bertz CT molecular complexity index is 693. The Morgan fingerprint density at radius 2 is 2.35 bits per heavy atom. The van der Waals surface area contributed by atoms with Crippen LogP contribution in [0.5, 0.6) is 0 Å². The van der Waals surface area contributed by atoms with Crippen molar-refractivity contribution in [3.63, 3.8) is 0 Å². The Morgan fingerprint density at radius 3 is 3.00 bits per heavy atom. The molecule has 0 aromatic carbocycles. The van der Waals surface area contributed by atoms with Crippen molar-refractivity contribution < 1.29 is 5.03 Å². The lowest BCUT2D eigenvalue weighted by Crippen LogP contribution is -2.39. The van der Waals surface area contributed by atoms with Crippen LogP contribution in [-0.4, -0.2) is 42.7 Å². The van der Waals surface area contributed by atoms with Gasteiger partial charge in [0.1, 0.15) is 11.8 Å². The van der Waals surface area contributed by atoms with Crippen molar-refractivity contribution in [2.24, 2.45) is 10.4 Å². The van der Waals surface area contributed by atoms with Crippen LogP contribution >= 0.6 is 0 Å². The summed E-state index contributed by atoms with van der Waals surface area (Å²) in [5, 5.41) is 16.5. The first-order chi connectivity index (χ1) is 9.51. The number of nitrogens with one attached hydrogen (secondary N) is 1. The Morgan fingerprint density at radius 1 is 1.60 bits per heavy atom. The van der Waals surface area contributed by atoms with Gasteiger partial charge in [0.25, 0.3) is 0 Å². The second-order valence-corrected chi connectivity index (χ2v) is 3.42. The van der Waals surface area contributed by atoms with Gasteiger partial charge in [-0.2, -0.15) is 14.7 Å². The molecule has 13 nitrogen and oxygen atoms in total. The van der Waals surface area contributed by atoms with E-state index in [4.69, 9.17) is 5.73 Å². The summed E-state index contributed by atoms with van der Waals surface area (Å²) in [4.78, 5) is 32.4. The van der Waals surface area contributed by atoms with E-state index in [1.165, 1.54) is 19.6 Å². The summed E-state index contributed by atoms with van der Waals surface area (Å²) >= 11 is 0. The largest absolute Gasteiger partial charge is 0.368 e. The van der Waals surface area contributed by atoms with Gasteiger partial charge in [-0.3, -0.25) is 0 Å². The Balaban J connectivity index is 2.49. The predicted molar refractivity (Wildman–Crippen MR) is 66.3 cm³/mol. The molecule has 0 saturated heterocycles. The van der Waals surface area contributed by atoms with Gasteiger partial charge in [-0.1, -0.05) is 5.43 Å². The Labute approximate surface area is 110 Å². The minimum atomic E-state index is -0.886. The summed E-state index contributed by atoms with van der Waals surface area (Å²) < 4.78 is 1.10. The molecular weight excluding hydrogens is 272 g/mol. The summed E-state index contributed by atoms with van der Waals surface area (Å²) in [6.45, 7) is 0. The molecule has 0 aliphatic rings. The zero-order chi connectivity index (χ0) is 14.7. The summed E-state index contributed by atoms with van der Waals surface area (Å²) in [7, 11) is 1.19. The number of nitrogen functional groups attached to an aromatic ring is 1. The number of imidazole rings is 1. The average molecular weight is 280 g/mol. The number of nitrogens with two attached hydrogens (primary N) is 1. The van der Waals surface area contributed by atoms with Crippen molar-refractivity contribution >= 4 is 23.1 Å². The zero-order valence-corrected chi connectivity index (χ0v) is 10.0. The van der Waals surface area contributed by atoms with Crippen molar-refractivity contribution in [3.05, 3.63) is 27.5 Å². The molecule has 0 unspecified atom stereocenters. The molecule has 13 heteroatoms. The molecule has 0 saturated carbocycles. The number of guanidine groups is 1. The summed E-state index contributed by atoms with van der Waals surface area (Å²) in [5.41, 5.74) is 7.77. The van der Waals surface area contributed by atoms with Crippen LogP contribution in [0.3, 0.4) is 0 Å². The fourth-order valence-corrected chi connectivity index (χ4v) is 1.27. The Kier molecular flexibility index (Phi) is 3.32. The van der Waals surface area contributed by atoms with Gasteiger partial charge in [-0.15, -0.1) is 10.0 Å². The highest BCUT2D eigenvalue weighted by atomic mass is 16.7. The van der Waals surface area contributed by atoms with E-state index in [1.807, 2.05) is 0 Å². The van der Waals surface area contributed by atoms with E-state index in [0.29, 0.717) is 10.5 Å². The average Bonchev–Trinajstić information content (AvgIpc) is 2.79. The van der Waals surface area contributed by atoms with Crippen LogP contribution in [0.2, 0.25) is 0 Å².